The van der Waals surface area contributed by atoms with Gasteiger partial charge in [-0.2, -0.15) is 0 Å². The van der Waals surface area contributed by atoms with Crippen molar-refractivity contribution in [3.05, 3.63) is 59.9 Å². The maximum Gasteiger partial charge on any atom is 0.252 e. The van der Waals surface area contributed by atoms with Gasteiger partial charge in [-0.1, -0.05) is 18.2 Å². The molecule has 2 aromatic rings. The minimum Gasteiger partial charge on any atom is -0.488 e. The minimum absolute atomic E-state index is 0.147. The predicted molar refractivity (Wildman–Crippen MR) is 112 cm³/mol. The quantitative estimate of drug-likeness (QED) is 0.388. The summed E-state index contributed by atoms with van der Waals surface area (Å²) in [4.78, 5) is 20.1. The van der Waals surface area contributed by atoms with Crippen molar-refractivity contribution in [2.24, 2.45) is 4.99 Å². The van der Waals surface area contributed by atoms with Crippen LogP contribution in [0.4, 0.5) is 0 Å². The summed E-state index contributed by atoms with van der Waals surface area (Å²) in [6.07, 6.45) is 3.18. The molecule has 0 saturated heterocycles. The zero-order valence-electron chi connectivity index (χ0n) is 17.0. The van der Waals surface area contributed by atoms with E-state index >= 15 is 0 Å². The van der Waals surface area contributed by atoms with Crippen LogP contribution >= 0.6 is 0 Å². The van der Waals surface area contributed by atoms with Crippen molar-refractivity contribution in [2.75, 3.05) is 20.1 Å². The summed E-state index contributed by atoms with van der Waals surface area (Å²) in [5.74, 6) is 1.36. The van der Waals surface area contributed by atoms with Crippen LogP contribution in [0.5, 0.6) is 5.75 Å². The SMILES string of the molecule is CN=C(NCCNC(=O)c1cccnc1)NCc1ccccc1OC(C)(C)C. The number of ether oxygens (including phenoxy) is 1. The highest BCUT2D eigenvalue weighted by Crippen LogP contribution is 2.22. The number of amides is 1. The van der Waals surface area contributed by atoms with Crippen molar-refractivity contribution in [1.82, 2.24) is 20.9 Å². The van der Waals surface area contributed by atoms with Gasteiger partial charge in [-0.25, -0.2) is 0 Å². The highest BCUT2D eigenvalue weighted by Gasteiger charge is 2.14. The number of pyridine rings is 1. The van der Waals surface area contributed by atoms with Gasteiger partial charge >= 0.3 is 0 Å². The second-order valence-electron chi connectivity index (χ2n) is 7.17. The lowest BCUT2D eigenvalue weighted by Crippen LogP contribution is -2.41. The smallest absolute Gasteiger partial charge is 0.252 e. The van der Waals surface area contributed by atoms with Gasteiger partial charge in [0, 0.05) is 44.6 Å². The van der Waals surface area contributed by atoms with Gasteiger partial charge in [-0.05, 0) is 39.0 Å². The first kappa shape index (κ1) is 21.2. The number of nitrogens with zero attached hydrogens (tertiary/aromatic N) is 2. The highest BCUT2D eigenvalue weighted by atomic mass is 16.5. The lowest BCUT2D eigenvalue weighted by Gasteiger charge is -2.23. The Hall–Kier alpha value is -3.09. The third-order valence-corrected chi connectivity index (χ3v) is 3.69. The number of rotatable bonds is 7. The summed E-state index contributed by atoms with van der Waals surface area (Å²) in [5, 5.41) is 9.29. The van der Waals surface area contributed by atoms with E-state index in [0.29, 0.717) is 31.2 Å². The first-order chi connectivity index (χ1) is 13.4. The highest BCUT2D eigenvalue weighted by molar-refractivity contribution is 5.93. The Morgan fingerprint density at radius 1 is 1.07 bits per heavy atom. The van der Waals surface area contributed by atoms with E-state index < -0.39 is 0 Å². The average molecular weight is 383 g/mol. The fraction of sp³-hybridized carbons (Fsp3) is 0.381. The zero-order chi connectivity index (χ0) is 20.4. The van der Waals surface area contributed by atoms with Crippen LogP contribution in [-0.2, 0) is 6.54 Å². The number of carbonyl (C=O) groups excluding carboxylic acids is 1. The van der Waals surface area contributed by atoms with E-state index in [9.17, 15) is 4.79 Å². The number of guanidine groups is 1. The van der Waals surface area contributed by atoms with Crippen molar-refractivity contribution in [3.8, 4) is 5.75 Å². The van der Waals surface area contributed by atoms with Crippen LogP contribution in [0.1, 0.15) is 36.7 Å². The van der Waals surface area contributed by atoms with Gasteiger partial charge in [0.2, 0.25) is 0 Å². The van der Waals surface area contributed by atoms with Gasteiger partial charge in [0.25, 0.3) is 5.91 Å². The van der Waals surface area contributed by atoms with Gasteiger partial charge in [0.1, 0.15) is 11.4 Å². The van der Waals surface area contributed by atoms with E-state index in [-0.39, 0.29) is 11.5 Å². The van der Waals surface area contributed by atoms with E-state index in [1.165, 1.54) is 0 Å². The molecule has 0 radical (unpaired) electrons. The van der Waals surface area contributed by atoms with Gasteiger partial charge in [0.05, 0.1) is 5.56 Å². The minimum atomic E-state index is -0.261. The third kappa shape index (κ3) is 7.26. The van der Waals surface area contributed by atoms with E-state index in [4.69, 9.17) is 4.74 Å². The van der Waals surface area contributed by atoms with Crippen LogP contribution in [0.25, 0.3) is 0 Å². The average Bonchev–Trinajstić information content (AvgIpc) is 2.68. The molecular weight excluding hydrogens is 354 g/mol. The van der Waals surface area contributed by atoms with Crippen LogP contribution in [-0.4, -0.2) is 42.6 Å². The molecule has 1 heterocycles. The largest absolute Gasteiger partial charge is 0.488 e. The molecule has 0 aliphatic carbocycles. The molecule has 3 N–H and O–H groups in total. The molecule has 7 heteroatoms. The molecule has 0 atom stereocenters. The van der Waals surface area contributed by atoms with Crippen LogP contribution in [0, 0.1) is 0 Å². The summed E-state index contributed by atoms with van der Waals surface area (Å²) < 4.78 is 6.01. The van der Waals surface area contributed by atoms with Crippen molar-refractivity contribution < 1.29 is 9.53 Å². The molecule has 1 aromatic carbocycles. The molecular formula is C21H29N5O2. The van der Waals surface area contributed by atoms with E-state index in [1.54, 1.807) is 31.6 Å². The first-order valence-corrected chi connectivity index (χ1v) is 9.29. The third-order valence-electron chi connectivity index (χ3n) is 3.69. The standard InChI is InChI=1S/C21H29N5O2/c1-21(2,3)28-18-10-6-5-8-16(18)15-26-20(22-4)25-13-12-24-19(27)17-9-7-11-23-14-17/h5-11,14H,12-13,15H2,1-4H3,(H,24,27)(H2,22,25,26). The molecule has 0 saturated carbocycles. The van der Waals surface area contributed by atoms with Crippen molar-refractivity contribution >= 4 is 11.9 Å². The molecule has 7 nitrogen and oxygen atoms in total. The van der Waals surface area contributed by atoms with Crippen LogP contribution < -0.4 is 20.7 Å². The number of carbonyl (C=O) groups is 1. The molecule has 2 rings (SSSR count). The molecule has 1 amide bonds. The maximum absolute atomic E-state index is 12.0. The number of aromatic nitrogens is 1. The number of nitrogens with one attached hydrogen (secondary N) is 3. The fourth-order valence-corrected chi connectivity index (χ4v) is 2.43. The number of benzene rings is 1. The predicted octanol–water partition coefficient (Wildman–Crippen LogP) is 2.35. The van der Waals surface area contributed by atoms with Crippen LogP contribution in [0.3, 0.4) is 0 Å². The Balaban J connectivity index is 1.78. The molecule has 150 valence electrons. The Morgan fingerprint density at radius 2 is 1.82 bits per heavy atom. The molecule has 0 spiro atoms. The Labute approximate surface area is 166 Å². The summed E-state index contributed by atoms with van der Waals surface area (Å²) >= 11 is 0. The first-order valence-electron chi connectivity index (χ1n) is 9.29. The van der Waals surface area contributed by atoms with E-state index in [0.717, 1.165) is 11.3 Å². The monoisotopic (exact) mass is 383 g/mol. The van der Waals surface area contributed by atoms with Crippen molar-refractivity contribution in [1.29, 1.82) is 0 Å². The van der Waals surface area contributed by atoms with Crippen LogP contribution in [0.15, 0.2) is 53.8 Å². The van der Waals surface area contributed by atoms with Gasteiger partial charge < -0.3 is 20.7 Å². The summed E-state index contributed by atoms with van der Waals surface area (Å²) in [5.41, 5.74) is 1.33. The Kier molecular flexibility index (Phi) is 7.80. The second kappa shape index (κ2) is 10.3. The van der Waals surface area contributed by atoms with Crippen LogP contribution in [0.2, 0.25) is 0 Å². The van der Waals surface area contributed by atoms with Gasteiger partial charge in [-0.15, -0.1) is 0 Å². The summed E-state index contributed by atoms with van der Waals surface area (Å²) in [7, 11) is 1.71. The van der Waals surface area contributed by atoms with Gasteiger partial charge in [0.15, 0.2) is 5.96 Å². The number of hydrogen-bond donors (Lipinski definition) is 3. The lowest BCUT2D eigenvalue weighted by molar-refractivity contribution is 0.0954. The normalized spacial score (nSPS) is 11.6. The molecule has 0 unspecified atom stereocenters. The topological polar surface area (TPSA) is 87.6 Å². The maximum atomic E-state index is 12.0. The second-order valence-corrected chi connectivity index (χ2v) is 7.17. The zero-order valence-corrected chi connectivity index (χ0v) is 17.0. The van der Waals surface area contributed by atoms with Gasteiger partial charge in [-0.3, -0.25) is 14.8 Å². The lowest BCUT2D eigenvalue weighted by atomic mass is 10.1. The molecule has 0 aliphatic rings. The number of hydrogen-bond acceptors (Lipinski definition) is 4. The molecule has 1 aromatic heterocycles. The summed E-state index contributed by atoms with van der Waals surface area (Å²) in [6, 6.07) is 11.4. The Morgan fingerprint density at radius 3 is 2.50 bits per heavy atom. The number of aliphatic imine (C=N–C) groups is 1. The number of para-hydroxylation sites is 1. The van der Waals surface area contributed by atoms with E-state index in [2.05, 4.69) is 25.9 Å². The molecule has 28 heavy (non-hydrogen) atoms. The summed E-state index contributed by atoms with van der Waals surface area (Å²) in [6.45, 7) is 7.67. The molecule has 0 bridgehead atoms. The van der Waals surface area contributed by atoms with Crippen molar-refractivity contribution in [3.63, 3.8) is 0 Å². The van der Waals surface area contributed by atoms with E-state index in [1.807, 2.05) is 45.0 Å². The Bertz CT molecular complexity index is 785. The fourth-order valence-electron chi connectivity index (χ4n) is 2.43. The molecule has 0 aliphatic heterocycles. The molecule has 0 fully saturated rings. The van der Waals surface area contributed by atoms with Crippen molar-refractivity contribution in [2.45, 2.75) is 32.9 Å².